The molecule has 1 fully saturated rings. The lowest BCUT2D eigenvalue weighted by Gasteiger charge is -2.29. The summed E-state index contributed by atoms with van der Waals surface area (Å²) in [4.78, 5) is 35.7. The van der Waals surface area contributed by atoms with Gasteiger partial charge >= 0.3 is 0 Å². The van der Waals surface area contributed by atoms with Crippen LogP contribution >= 0.6 is 0 Å². The number of carbonyl (C=O) groups excluding carboxylic acids is 2. The lowest BCUT2D eigenvalue weighted by molar-refractivity contribution is -0.384. The fourth-order valence-electron chi connectivity index (χ4n) is 2.66. The molecule has 1 heterocycles. The molecule has 1 aromatic carbocycles. The van der Waals surface area contributed by atoms with Crippen molar-refractivity contribution < 1.29 is 19.2 Å². The number of anilines is 1. The molecule has 0 aromatic heterocycles. The van der Waals surface area contributed by atoms with Crippen molar-refractivity contribution in [1.29, 1.82) is 0 Å². The Labute approximate surface area is 138 Å². The number of rotatable bonds is 6. The van der Waals surface area contributed by atoms with Crippen molar-refractivity contribution in [3.8, 4) is 5.75 Å². The van der Waals surface area contributed by atoms with Crippen LogP contribution in [0.25, 0.3) is 0 Å². The summed E-state index contributed by atoms with van der Waals surface area (Å²) in [6.07, 6.45) is 1.23. The van der Waals surface area contributed by atoms with Crippen LogP contribution in [0.1, 0.15) is 12.8 Å². The molecule has 24 heavy (non-hydrogen) atoms. The number of nitro benzene ring substituents is 1. The number of nitrogens with zero attached hydrogens (tertiary/aromatic N) is 2. The van der Waals surface area contributed by atoms with E-state index in [4.69, 9.17) is 10.5 Å². The van der Waals surface area contributed by atoms with Crippen molar-refractivity contribution in [3.63, 3.8) is 0 Å². The van der Waals surface area contributed by atoms with E-state index in [2.05, 4.69) is 5.32 Å². The van der Waals surface area contributed by atoms with E-state index >= 15 is 0 Å². The number of hydrogen-bond donors (Lipinski definition) is 2. The maximum Gasteiger partial charge on any atom is 0.296 e. The van der Waals surface area contributed by atoms with E-state index in [0.717, 1.165) is 0 Å². The summed E-state index contributed by atoms with van der Waals surface area (Å²) in [5.74, 6) is -0.464. The van der Waals surface area contributed by atoms with Crippen LogP contribution in [0, 0.1) is 16.0 Å². The van der Waals surface area contributed by atoms with E-state index in [1.54, 1.807) is 6.07 Å². The third-order valence-electron chi connectivity index (χ3n) is 4.03. The minimum absolute atomic E-state index is 0.106. The zero-order valence-electron chi connectivity index (χ0n) is 13.4. The van der Waals surface area contributed by atoms with Crippen LogP contribution in [0.4, 0.5) is 11.4 Å². The number of nitrogens with one attached hydrogen (secondary N) is 1. The number of benzene rings is 1. The highest BCUT2D eigenvalue weighted by molar-refractivity contribution is 5.94. The molecular formula is C15H20N4O5. The molecule has 1 saturated heterocycles. The molecule has 0 unspecified atom stereocenters. The number of nitrogens with two attached hydrogens (primary N) is 1. The topological polar surface area (TPSA) is 128 Å². The van der Waals surface area contributed by atoms with Gasteiger partial charge in [-0.2, -0.15) is 0 Å². The first-order chi connectivity index (χ1) is 11.4. The van der Waals surface area contributed by atoms with Gasteiger partial charge in [-0.3, -0.25) is 24.6 Å². The molecule has 1 aliphatic rings. The molecule has 2 rings (SSSR count). The Morgan fingerprint density at radius 1 is 1.42 bits per heavy atom. The number of primary amides is 1. The third kappa shape index (κ3) is 4.42. The lowest BCUT2D eigenvalue weighted by atomic mass is 9.96. The fraction of sp³-hybridized carbons (Fsp3) is 0.467. The monoisotopic (exact) mass is 336 g/mol. The van der Waals surface area contributed by atoms with Crippen molar-refractivity contribution in [2.45, 2.75) is 12.8 Å². The predicted molar refractivity (Wildman–Crippen MR) is 86.6 cm³/mol. The molecule has 0 atom stereocenters. The van der Waals surface area contributed by atoms with Gasteiger partial charge in [-0.05, 0) is 38.1 Å². The number of amides is 2. The number of piperidine rings is 1. The molecule has 0 spiro atoms. The Morgan fingerprint density at radius 2 is 2.08 bits per heavy atom. The number of carbonyl (C=O) groups is 2. The first-order valence-electron chi connectivity index (χ1n) is 7.54. The summed E-state index contributed by atoms with van der Waals surface area (Å²) in [7, 11) is 1.41. The average Bonchev–Trinajstić information content (AvgIpc) is 2.55. The summed E-state index contributed by atoms with van der Waals surface area (Å²) in [5, 5.41) is 13.7. The van der Waals surface area contributed by atoms with Gasteiger partial charge in [-0.1, -0.05) is 0 Å². The first-order valence-corrected chi connectivity index (χ1v) is 7.54. The van der Waals surface area contributed by atoms with Gasteiger partial charge in [-0.15, -0.1) is 0 Å². The van der Waals surface area contributed by atoms with Crippen LogP contribution in [-0.4, -0.2) is 48.4 Å². The van der Waals surface area contributed by atoms with Gasteiger partial charge < -0.3 is 15.8 Å². The van der Waals surface area contributed by atoms with Crippen molar-refractivity contribution in [3.05, 3.63) is 28.3 Å². The van der Waals surface area contributed by atoms with Gasteiger partial charge in [0.1, 0.15) is 11.4 Å². The summed E-state index contributed by atoms with van der Waals surface area (Å²) in [6.45, 7) is 1.28. The fourth-order valence-corrected chi connectivity index (χ4v) is 2.66. The SMILES string of the molecule is COc1ccc(NC(=O)CN2CCC(C(N)=O)CC2)c([N+](=O)[O-])c1. The van der Waals surface area contributed by atoms with Crippen LogP contribution in [0.5, 0.6) is 5.75 Å². The van der Waals surface area contributed by atoms with Gasteiger partial charge in [0, 0.05) is 5.92 Å². The number of likely N-dealkylation sites (tertiary alicyclic amines) is 1. The van der Waals surface area contributed by atoms with E-state index in [9.17, 15) is 19.7 Å². The van der Waals surface area contributed by atoms with Gasteiger partial charge in [0.2, 0.25) is 11.8 Å². The Balaban J connectivity index is 1.95. The molecule has 9 nitrogen and oxygen atoms in total. The molecule has 0 aliphatic carbocycles. The highest BCUT2D eigenvalue weighted by Gasteiger charge is 2.25. The Morgan fingerprint density at radius 3 is 2.62 bits per heavy atom. The maximum absolute atomic E-state index is 12.1. The summed E-state index contributed by atoms with van der Waals surface area (Å²) >= 11 is 0. The van der Waals surface area contributed by atoms with E-state index in [1.165, 1.54) is 19.2 Å². The predicted octanol–water partition coefficient (Wildman–Crippen LogP) is 0.739. The highest BCUT2D eigenvalue weighted by atomic mass is 16.6. The minimum atomic E-state index is -0.573. The lowest BCUT2D eigenvalue weighted by Crippen LogP contribution is -2.42. The second kappa shape index (κ2) is 7.73. The minimum Gasteiger partial charge on any atom is -0.496 e. The molecule has 9 heteroatoms. The van der Waals surface area contributed by atoms with Gasteiger partial charge in [0.05, 0.1) is 24.6 Å². The second-order valence-electron chi connectivity index (χ2n) is 5.64. The zero-order valence-corrected chi connectivity index (χ0v) is 13.4. The van der Waals surface area contributed by atoms with Crippen LogP contribution in [0.3, 0.4) is 0 Å². The molecule has 3 N–H and O–H groups in total. The van der Waals surface area contributed by atoms with Crippen LogP contribution in [0.15, 0.2) is 18.2 Å². The second-order valence-corrected chi connectivity index (χ2v) is 5.64. The number of nitro groups is 1. The largest absolute Gasteiger partial charge is 0.496 e. The number of hydrogen-bond acceptors (Lipinski definition) is 6. The number of ether oxygens (including phenoxy) is 1. The Kier molecular flexibility index (Phi) is 5.69. The van der Waals surface area contributed by atoms with Gasteiger partial charge in [-0.25, -0.2) is 0 Å². The van der Waals surface area contributed by atoms with Crippen molar-refractivity contribution in [2.24, 2.45) is 11.7 Å². The van der Waals surface area contributed by atoms with Gasteiger partial charge in [0.25, 0.3) is 5.69 Å². The first kappa shape index (κ1) is 17.7. The van der Waals surface area contributed by atoms with Crippen molar-refractivity contribution >= 4 is 23.2 Å². The molecule has 2 amide bonds. The molecule has 0 radical (unpaired) electrons. The van der Waals surface area contributed by atoms with Crippen molar-refractivity contribution in [1.82, 2.24) is 4.90 Å². The van der Waals surface area contributed by atoms with E-state index in [0.29, 0.717) is 31.7 Å². The summed E-state index contributed by atoms with van der Waals surface area (Å²) < 4.78 is 4.95. The zero-order chi connectivity index (χ0) is 17.7. The quantitative estimate of drug-likeness (QED) is 0.582. The van der Waals surface area contributed by atoms with Crippen LogP contribution in [0.2, 0.25) is 0 Å². The average molecular weight is 336 g/mol. The third-order valence-corrected chi connectivity index (χ3v) is 4.03. The van der Waals surface area contributed by atoms with Crippen LogP contribution in [-0.2, 0) is 9.59 Å². The Bertz CT molecular complexity index is 641. The van der Waals surface area contributed by atoms with E-state index in [-0.39, 0.29) is 35.7 Å². The molecule has 1 aliphatic heterocycles. The van der Waals surface area contributed by atoms with Crippen molar-refractivity contribution in [2.75, 3.05) is 32.1 Å². The Hall–Kier alpha value is -2.68. The highest BCUT2D eigenvalue weighted by Crippen LogP contribution is 2.29. The smallest absolute Gasteiger partial charge is 0.296 e. The normalized spacial score (nSPS) is 15.7. The summed E-state index contributed by atoms with van der Waals surface area (Å²) in [6, 6.07) is 4.24. The standard InChI is InChI=1S/C15H20N4O5/c1-24-11-2-3-12(13(8-11)19(22)23)17-14(20)9-18-6-4-10(5-7-18)15(16)21/h2-3,8,10H,4-7,9H2,1H3,(H2,16,21)(H,17,20). The molecule has 0 bridgehead atoms. The molecule has 130 valence electrons. The molecule has 1 aromatic rings. The van der Waals surface area contributed by atoms with Crippen LogP contribution < -0.4 is 15.8 Å². The maximum atomic E-state index is 12.1. The van der Waals surface area contributed by atoms with E-state index < -0.39 is 4.92 Å². The van der Waals surface area contributed by atoms with Gasteiger partial charge in [0.15, 0.2) is 0 Å². The number of methoxy groups -OCH3 is 1. The van der Waals surface area contributed by atoms with E-state index in [1.807, 2.05) is 4.90 Å². The summed E-state index contributed by atoms with van der Waals surface area (Å²) in [5.41, 5.74) is 5.17. The molecular weight excluding hydrogens is 316 g/mol. The molecule has 0 saturated carbocycles.